The summed E-state index contributed by atoms with van der Waals surface area (Å²) in [7, 11) is 1.59. The quantitative estimate of drug-likeness (QED) is 0.791. The zero-order valence-electron chi connectivity index (χ0n) is 16.8. The van der Waals surface area contributed by atoms with Crippen LogP contribution in [-0.4, -0.2) is 59.6 Å². The Balaban J connectivity index is 1.54. The minimum atomic E-state index is -0.402. The number of rotatable bonds is 4. The molecule has 154 valence electrons. The number of piperidine rings is 2. The van der Waals surface area contributed by atoms with E-state index in [9.17, 15) is 9.59 Å². The maximum atomic E-state index is 13.2. The Hall–Kier alpha value is -2.83. The highest BCUT2D eigenvalue weighted by molar-refractivity contribution is 5.97. The number of methoxy groups -OCH3 is 1. The number of likely N-dealkylation sites (tertiary alicyclic amines) is 2. The first kappa shape index (κ1) is 19.5. The van der Waals surface area contributed by atoms with E-state index in [0.29, 0.717) is 24.5 Å². The van der Waals surface area contributed by atoms with Gasteiger partial charge >= 0.3 is 0 Å². The fourth-order valence-corrected chi connectivity index (χ4v) is 4.25. The van der Waals surface area contributed by atoms with Crippen molar-refractivity contribution in [2.75, 3.05) is 26.7 Å². The number of hydrogen-bond donors (Lipinski definition) is 0. The molecule has 2 saturated heterocycles. The van der Waals surface area contributed by atoms with Crippen LogP contribution in [0, 0.1) is 0 Å². The third-order valence-corrected chi connectivity index (χ3v) is 5.82. The summed E-state index contributed by atoms with van der Waals surface area (Å²) in [6.45, 7) is 2.15. The van der Waals surface area contributed by atoms with Gasteiger partial charge in [-0.05, 0) is 50.7 Å². The average molecular weight is 397 g/mol. The van der Waals surface area contributed by atoms with E-state index in [1.54, 1.807) is 18.1 Å². The van der Waals surface area contributed by atoms with E-state index in [1.807, 2.05) is 29.2 Å². The second kappa shape index (κ2) is 8.68. The van der Waals surface area contributed by atoms with Crippen LogP contribution < -0.4 is 4.74 Å². The summed E-state index contributed by atoms with van der Waals surface area (Å²) in [5, 5.41) is 4.00. The molecule has 0 spiro atoms. The molecule has 0 aliphatic carbocycles. The monoisotopic (exact) mass is 397 g/mol. The summed E-state index contributed by atoms with van der Waals surface area (Å²) in [5.41, 5.74) is 0.963. The minimum absolute atomic E-state index is 0.0752. The zero-order chi connectivity index (χ0) is 20.2. The molecule has 7 nitrogen and oxygen atoms in total. The van der Waals surface area contributed by atoms with Crippen LogP contribution in [0.1, 0.15) is 49.0 Å². The molecule has 1 aromatic heterocycles. The molecular weight excluding hydrogens is 370 g/mol. The number of benzene rings is 1. The van der Waals surface area contributed by atoms with Gasteiger partial charge in [0.1, 0.15) is 11.8 Å². The van der Waals surface area contributed by atoms with Crippen LogP contribution in [0.15, 0.2) is 34.9 Å². The highest BCUT2D eigenvalue weighted by Gasteiger charge is 2.36. The fourth-order valence-electron chi connectivity index (χ4n) is 4.25. The first-order valence-corrected chi connectivity index (χ1v) is 10.4. The van der Waals surface area contributed by atoms with Gasteiger partial charge in [0.15, 0.2) is 11.5 Å². The molecule has 0 unspecified atom stereocenters. The van der Waals surface area contributed by atoms with Crippen molar-refractivity contribution >= 4 is 11.8 Å². The molecule has 0 radical (unpaired) electrons. The number of hydrogen-bond acceptors (Lipinski definition) is 5. The van der Waals surface area contributed by atoms with E-state index < -0.39 is 6.04 Å². The normalized spacial score (nSPS) is 19.8. The van der Waals surface area contributed by atoms with Gasteiger partial charge in [-0.25, -0.2) is 0 Å². The average Bonchev–Trinajstić information content (AvgIpc) is 3.29. The lowest BCUT2D eigenvalue weighted by atomic mass is 9.99. The van der Waals surface area contributed by atoms with E-state index in [-0.39, 0.29) is 17.5 Å². The number of carbonyl (C=O) groups is 2. The van der Waals surface area contributed by atoms with Crippen molar-refractivity contribution < 1.29 is 18.8 Å². The predicted molar refractivity (Wildman–Crippen MR) is 108 cm³/mol. The molecule has 29 heavy (non-hydrogen) atoms. The number of amides is 2. The third-order valence-electron chi connectivity index (χ3n) is 5.82. The molecule has 3 heterocycles. The summed E-state index contributed by atoms with van der Waals surface area (Å²) < 4.78 is 10.8. The van der Waals surface area contributed by atoms with E-state index >= 15 is 0 Å². The van der Waals surface area contributed by atoms with E-state index in [1.165, 1.54) is 6.42 Å². The van der Waals surface area contributed by atoms with Crippen LogP contribution in [0.5, 0.6) is 5.75 Å². The number of para-hydroxylation sites is 1. The Labute approximate surface area is 170 Å². The Kier molecular flexibility index (Phi) is 5.83. The number of carbonyl (C=O) groups excluding carboxylic acids is 2. The third kappa shape index (κ3) is 3.99. The van der Waals surface area contributed by atoms with Crippen LogP contribution in [0.3, 0.4) is 0 Å². The lowest BCUT2D eigenvalue weighted by molar-refractivity contribution is -0.138. The van der Waals surface area contributed by atoms with Crippen molar-refractivity contribution in [3.63, 3.8) is 0 Å². The van der Waals surface area contributed by atoms with Gasteiger partial charge in [0.05, 0.1) is 12.7 Å². The lowest BCUT2D eigenvalue weighted by Crippen LogP contribution is -2.54. The minimum Gasteiger partial charge on any atom is -0.496 e. The van der Waals surface area contributed by atoms with E-state index in [4.69, 9.17) is 9.26 Å². The molecule has 1 atom stereocenters. The number of nitrogens with zero attached hydrogens (tertiary/aromatic N) is 3. The van der Waals surface area contributed by atoms with Gasteiger partial charge in [0.2, 0.25) is 5.91 Å². The summed E-state index contributed by atoms with van der Waals surface area (Å²) in [5.74, 6) is 0.955. The van der Waals surface area contributed by atoms with Crippen LogP contribution in [0.4, 0.5) is 0 Å². The van der Waals surface area contributed by atoms with Gasteiger partial charge in [-0.15, -0.1) is 0 Å². The molecule has 2 fully saturated rings. The Bertz CT molecular complexity index is 872. The molecule has 2 aliphatic rings. The van der Waals surface area contributed by atoms with Crippen LogP contribution >= 0.6 is 0 Å². The van der Waals surface area contributed by atoms with Crippen molar-refractivity contribution in [2.24, 2.45) is 0 Å². The SMILES string of the molecule is COc1ccccc1-c1cc(C(=O)N2CCCC[C@H]2C(=O)N2CCCCC2)no1. The largest absolute Gasteiger partial charge is 0.496 e. The van der Waals surface area contributed by atoms with Crippen LogP contribution in [0.25, 0.3) is 11.3 Å². The molecule has 0 saturated carbocycles. The number of aromatic nitrogens is 1. The van der Waals surface area contributed by atoms with Gasteiger partial charge in [-0.3, -0.25) is 9.59 Å². The molecular formula is C22H27N3O4. The standard InChI is InChI=1S/C22H27N3O4/c1-28-19-11-4-3-9-16(19)20-15-17(23-29-20)21(26)25-14-8-5-10-18(25)22(27)24-12-6-2-7-13-24/h3-4,9,11,15,18H,2,5-8,10,12-14H2,1H3/t18-/m0/s1. The highest BCUT2D eigenvalue weighted by atomic mass is 16.5. The summed E-state index contributed by atoms with van der Waals surface area (Å²) in [4.78, 5) is 29.9. The molecule has 2 aliphatic heterocycles. The van der Waals surface area contributed by atoms with E-state index in [2.05, 4.69) is 5.16 Å². The van der Waals surface area contributed by atoms with E-state index in [0.717, 1.165) is 44.3 Å². The first-order valence-electron chi connectivity index (χ1n) is 10.4. The lowest BCUT2D eigenvalue weighted by Gasteiger charge is -2.38. The Morgan fingerprint density at radius 1 is 1.07 bits per heavy atom. The fraction of sp³-hybridized carbons (Fsp3) is 0.500. The van der Waals surface area contributed by atoms with Gasteiger partial charge < -0.3 is 19.1 Å². The molecule has 0 bridgehead atoms. The summed E-state index contributed by atoms with van der Waals surface area (Å²) in [6.07, 6.45) is 5.81. The molecule has 0 N–H and O–H groups in total. The predicted octanol–water partition coefficient (Wildman–Crippen LogP) is 3.36. The maximum absolute atomic E-state index is 13.2. The molecule has 2 aromatic rings. The first-order chi connectivity index (χ1) is 14.2. The Morgan fingerprint density at radius 2 is 1.83 bits per heavy atom. The highest BCUT2D eigenvalue weighted by Crippen LogP contribution is 2.31. The smallest absolute Gasteiger partial charge is 0.276 e. The molecule has 1 aromatic carbocycles. The maximum Gasteiger partial charge on any atom is 0.276 e. The zero-order valence-corrected chi connectivity index (χ0v) is 16.8. The van der Waals surface area contributed by atoms with Crippen molar-refractivity contribution in [3.8, 4) is 17.1 Å². The second-order valence-electron chi connectivity index (χ2n) is 7.67. The number of ether oxygens (including phenoxy) is 1. The van der Waals surface area contributed by atoms with Crippen molar-refractivity contribution in [2.45, 2.75) is 44.6 Å². The second-order valence-corrected chi connectivity index (χ2v) is 7.67. The summed E-state index contributed by atoms with van der Waals surface area (Å²) >= 11 is 0. The van der Waals surface area contributed by atoms with Gasteiger partial charge in [-0.2, -0.15) is 0 Å². The van der Waals surface area contributed by atoms with Crippen molar-refractivity contribution in [3.05, 3.63) is 36.0 Å². The Morgan fingerprint density at radius 3 is 2.62 bits per heavy atom. The van der Waals surface area contributed by atoms with Crippen molar-refractivity contribution in [1.82, 2.24) is 15.0 Å². The molecule has 2 amide bonds. The summed E-state index contributed by atoms with van der Waals surface area (Å²) in [6, 6.07) is 8.67. The topological polar surface area (TPSA) is 75.9 Å². The van der Waals surface area contributed by atoms with Gasteiger partial charge in [-0.1, -0.05) is 17.3 Å². The molecule has 4 rings (SSSR count). The van der Waals surface area contributed by atoms with Gasteiger partial charge in [0.25, 0.3) is 5.91 Å². The van der Waals surface area contributed by atoms with Crippen LogP contribution in [0.2, 0.25) is 0 Å². The van der Waals surface area contributed by atoms with Gasteiger partial charge in [0, 0.05) is 25.7 Å². The molecule has 7 heteroatoms. The van der Waals surface area contributed by atoms with Crippen molar-refractivity contribution in [1.29, 1.82) is 0 Å². The van der Waals surface area contributed by atoms with Crippen LogP contribution in [-0.2, 0) is 4.79 Å².